The minimum absolute atomic E-state index is 0.0431. The molecule has 0 saturated carbocycles. The van der Waals surface area contributed by atoms with Crippen molar-refractivity contribution in [1.29, 1.82) is 0 Å². The van der Waals surface area contributed by atoms with E-state index in [0.29, 0.717) is 19.0 Å². The lowest BCUT2D eigenvalue weighted by molar-refractivity contribution is 0.414. The van der Waals surface area contributed by atoms with Gasteiger partial charge >= 0.3 is 0 Å². The monoisotopic (exact) mass is 274 g/mol. The Bertz CT molecular complexity index is 493. The van der Waals surface area contributed by atoms with Crippen LogP contribution in [-0.4, -0.2) is 24.7 Å². The number of hydrogen-bond acceptors (Lipinski definition) is 4. The Labute approximate surface area is 109 Å². The molecule has 3 N–H and O–H groups in total. The summed E-state index contributed by atoms with van der Waals surface area (Å²) in [4.78, 5) is 0.0558. The summed E-state index contributed by atoms with van der Waals surface area (Å²) in [6, 6.07) is 0. The molecule has 0 bridgehead atoms. The molecule has 1 heterocycles. The van der Waals surface area contributed by atoms with Gasteiger partial charge in [-0.2, -0.15) is 5.10 Å². The Hall–Kier alpha value is -1.08. The lowest BCUT2D eigenvalue weighted by atomic mass is 9.99. The van der Waals surface area contributed by atoms with E-state index in [1.54, 1.807) is 0 Å². The summed E-state index contributed by atoms with van der Waals surface area (Å²) in [7, 11) is -3.57. The highest BCUT2D eigenvalue weighted by Gasteiger charge is 2.21. The fraction of sp³-hybridized carbons (Fsp3) is 0.727. The number of nitrogens with zero attached hydrogens (tertiary/aromatic N) is 2. The molecule has 0 fully saturated rings. The van der Waals surface area contributed by atoms with E-state index in [0.717, 1.165) is 0 Å². The van der Waals surface area contributed by atoms with E-state index in [2.05, 4.69) is 23.7 Å². The summed E-state index contributed by atoms with van der Waals surface area (Å²) in [6.45, 7) is 8.98. The highest BCUT2D eigenvalue weighted by atomic mass is 32.2. The lowest BCUT2D eigenvalue weighted by Crippen LogP contribution is -2.30. The topological polar surface area (TPSA) is 90.0 Å². The molecule has 1 atom stereocenters. The number of aryl methyl sites for hydroxylation is 1. The van der Waals surface area contributed by atoms with Gasteiger partial charge in [0.15, 0.2) is 5.82 Å². The molecule has 0 aliphatic rings. The van der Waals surface area contributed by atoms with Crippen molar-refractivity contribution in [2.45, 2.75) is 39.1 Å². The van der Waals surface area contributed by atoms with Gasteiger partial charge < -0.3 is 5.73 Å². The van der Waals surface area contributed by atoms with Crippen LogP contribution in [-0.2, 0) is 16.6 Å². The molecule has 7 heteroatoms. The highest BCUT2D eigenvalue weighted by molar-refractivity contribution is 7.89. The van der Waals surface area contributed by atoms with Gasteiger partial charge in [0.25, 0.3) is 0 Å². The van der Waals surface area contributed by atoms with Gasteiger partial charge in [-0.05, 0) is 18.8 Å². The average molecular weight is 274 g/mol. The molecule has 1 rings (SSSR count). The molecule has 1 aromatic rings. The smallest absolute Gasteiger partial charge is 0.245 e. The van der Waals surface area contributed by atoms with Crippen LogP contribution < -0.4 is 10.5 Å². The van der Waals surface area contributed by atoms with Gasteiger partial charge in [0.1, 0.15) is 4.90 Å². The summed E-state index contributed by atoms with van der Waals surface area (Å²) in [6.07, 6.45) is 1.46. The van der Waals surface area contributed by atoms with E-state index in [-0.39, 0.29) is 16.6 Å². The van der Waals surface area contributed by atoms with Gasteiger partial charge in [0.05, 0.1) is 0 Å². The minimum Gasteiger partial charge on any atom is -0.381 e. The fourth-order valence-corrected chi connectivity index (χ4v) is 2.56. The number of hydrogen-bond donors (Lipinski definition) is 2. The molecule has 0 amide bonds. The van der Waals surface area contributed by atoms with Crippen LogP contribution in [0, 0.1) is 11.8 Å². The summed E-state index contributed by atoms with van der Waals surface area (Å²) >= 11 is 0. The fourth-order valence-electron chi connectivity index (χ4n) is 1.34. The Morgan fingerprint density at radius 1 is 1.44 bits per heavy atom. The molecular weight excluding hydrogens is 252 g/mol. The second-order valence-corrected chi connectivity index (χ2v) is 6.54. The predicted molar refractivity (Wildman–Crippen MR) is 71.5 cm³/mol. The molecule has 0 aliphatic carbocycles. The first-order chi connectivity index (χ1) is 8.27. The molecule has 1 unspecified atom stereocenters. The van der Waals surface area contributed by atoms with Crippen molar-refractivity contribution in [2.75, 3.05) is 12.3 Å². The minimum atomic E-state index is -3.57. The average Bonchev–Trinajstić information content (AvgIpc) is 2.68. The van der Waals surface area contributed by atoms with Gasteiger partial charge in [-0.1, -0.05) is 20.8 Å². The van der Waals surface area contributed by atoms with Crippen molar-refractivity contribution in [3.05, 3.63) is 6.20 Å². The normalized spacial score (nSPS) is 14.1. The summed E-state index contributed by atoms with van der Waals surface area (Å²) in [5.41, 5.74) is 5.62. The Morgan fingerprint density at radius 3 is 2.50 bits per heavy atom. The Kier molecular flexibility index (Phi) is 4.75. The van der Waals surface area contributed by atoms with Crippen molar-refractivity contribution in [2.24, 2.45) is 11.8 Å². The standard InChI is InChI=1S/C11H22N4O2S/c1-5-15-7-10(11(12)14-15)18(16,17)13-6-9(4)8(2)3/h7-9,13H,5-6H2,1-4H3,(H2,12,14). The predicted octanol–water partition coefficient (Wildman–Crippen LogP) is 1.06. The molecule has 1 aromatic heterocycles. The molecular formula is C11H22N4O2S. The van der Waals surface area contributed by atoms with Crippen molar-refractivity contribution in [3.8, 4) is 0 Å². The Morgan fingerprint density at radius 2 is 2.06 bits per heavy atom. The van der Waals surface area contributed by atoms with E-state index in [9.17, 15) is 8.42 Å². The third-order valence-corrected chi connectivity index (χ3v) is 4.54. The van der Waals surface area contributed by atoms with E-state index in [4.69, 9.17) is 5.73 Å². The SMILES string of the molecule is CCn1cc(S(=O)(=O)NCC(C)C(C)C)c(N)n1. The van der Waals surface area contributed by atoms with Crippen LogP contribution in [0.3, 0.4) is 0 Å². The first-order valence-corrected chi connectivity index (χ1v) is 7.58. The van der Waals surface area contributed by atoms with E-state index in [1.807, 2.05) is 13.8 Å². The van der Waals surface area contributed by atoms with E-state index in [1.165, 1.54) is 10.9 Å². The van der Waals surface area contributed by atoms with Gasteiger partial charge in [-0.25, -0.2) is 13.1 Å². The second-order valence-electron chi connectivity index (χ2n) is 4.81. The summed E-state index contributed by atoms with van der Waals surface area (Å²) < 4.78 is 28.2. The zero-order chi connectivity index (χ0) is 13.9. The first kappa shape index (κ1) is 15.0. The van der Waals surface area contributed by atoms with Gasteiger partial charge in [-0.3, -0.25) is 4.68 Å². The quantitative estimate of drug-likeness (QED) is 0.811. The molecule has 0 saturated heterocycles. The maximum absolute atomic E-state index is 12.1. The molecule has 0 aromatic carbocycles. The summed E-state index contributed by atoms with van der Waals surface area (Å²) in [5, 5.41) is 3.93. The second kappa shape index (κ2) is 5.71. The van der Waals surface area contributed by atoms with Crippen LogP contribution in [0.15, 0.2) is 11.1 Å². The number of anilines is 1. The highest BCUT2D eigenvalue weighted by Crippen LogP contribution is 2.17. The van der Waals surface area contributed by atoms with Gasteiger partial charge in [0.2, 0.25) is 10.0 Å². The molecule has 0 radical (unpaired) electrons. The largest absolute Gasteiger partial charge is 0.381 e. The number of aromatic nitrogens is 2. The van der Waals surface area contributed by atoms with Crippen LogP contribution in [0.5, 0.6) is 0 Å². The number of nitrogens with one attached hydrogen (secondary N) is 1. The van der Waals surface area contributed by atoms with Crippen molar-refractivity contribution >= 4 is 15.8 Å². The van der Waals surface area contributed by atoms with Gasteiger partial charge in [-0.15, -0.1) is 0 Å². The molecule has 104 valence electrons. The van der Waals surface area contributed by atoms with Crippen LogP contribution in [0.2, 0.25) is 0 Å². The third-order valence-electron chi connectivity index (χ3n) is 3.10. The molecule has 0 aliphatic heterocycles. The maximum atomic E-state index is 12.1. The molecule has 18 heavy (non-hydrogen) atoms. The number of nitrogen functional groups attached to an aromatic ring is 1. The van der Waals surface area contributed by atoms with Crippen LogP contribution in [0.1, 0.15) is 27.7 Å². The maximum Gasteiger partial charge on any atom is 0.245 e. The van der Waals surface area contributed by atoms with E-state index >= 15 is 0 Å². The Balaban J connectivity index is 2.83. The zero-order valence-electron chi connectivity index (χ0n) is 11.3. The first-order valence-electron chi connectivity index (χ1n) is 6.10. The summed E-state index contributed by atoms with van der Waals surface area (Å²) in [5.74, 6) is 0.729. The van der Waals surface area contributed by atoms with E-state index < -0.39 is 10.0 Å². The molecule has 6 nitrogen and oxygen atoms in total. The molecule has 0 spiro atoms. The van der Waals surface area contributed by atoms with Crippen LogP contribution in [0.4, 0.5) is 5.82 Å². The number of rotatable bonds is 6. The van der Waals surface area contributed by atoms with Gasteiger partial charge in [0, 0.05) is 19.3 Å². The lowest BCUT2D eigenvalue weighted by Gasteiger charge is -2.15. The van der Waals surface area contributed by atoms with Crippen molar-refractivity contribution in [1.82, 2.24) is 14.5 Å². The van der Waals surface area contributed by atoms with Crippen LogP contribution in [0.25, 0.3) is 0 Å². The third kappa shape index (κ3) is 3.46. The number of nitrogens with two attached hydrogens (primary N) is 1. The van der Waals surface area contributed by atoms with Crippen LogP contribution >= 0.6 is 0 Å². The van der Waals surface area contributed by atoms with Crippen molar-refractivity contribution in [3.63, 3.8) is 0 Å². The van der Waals surface area contributed by atoms with Crippen molar-refractivity contribution < 1.29 is 8.42 Å². The zero-order valence-corrected chi connectivity index (χ0v) is 12.2. The number of sulfonamides is 1.